The van der Waals surface area contributed by atoms with E-state index in [-0.39, 0.29) is 12.5 Å². The smallest absolute Gasteiger partial charge is 0.312 e. The Morgan fingerprint density at radius 1 is 1.48 bits per heavy atom. The standard InChI is InChI=1S/C17H25NO4S/c1-2-8-17(16(21)22)9-10-18(12-14(17)19)15(20)7-3-5-13-6-4-11-23-13/h4,6,11,14,19H,2-3,5,7-10,12H2,1H3,(H,21,22)/t14-,17-/m0/s1. The molecule has 1 saturated heterocycles. The molecule has 0 aromatic carbocycles. The summed E-state index contributed by atoms with van der Waals surface area (Å²) >= 11 is 1.69. The Bertz CT molecular complexity index is 531. The number of likely N-dealkylation sites (tertiary alicyclic amines) is 1. The molecule has 0 aliphatic carbocycles. The van der Waals surface area contributed by atoms with E-state index >= 15 is 0 Å². The lowest BCUT2D eigenvalue weighted by atomic mass is 9.72. The quantitative estimate of drug-likeness (QED) is 0.800. The number of amides is 1. The van der Waals surface area contributed by atoms with Crippen LogP contribution >= 0.6 is 11.3 Å². The molecule has 128 valence electrons. The normalized spacial score (nSPS) is 24.6. The maximum absolute atomic E-state index is 12.3. The average molecular weight is 339 g/mol. The van der Waals surface area contributed by atoms with Gasteiger partial charge in [-0.1, -0.05) is 19.4 Å². The van der Waals surface area contributed by atoms with Crippen molar-refractivity contribution >= 4 is 23.2 Å². The third-order valence-corrected chi connectivity index (χ3v) is 5.66. The molecular formula is C17H25NO4S. The van der Waals surface area contributed by atoms with Crippen LogP contribution in [0.4, 0.5) is 0 Å². The van der Waals surface area contributed by atoms with Gasteiger partial charge in [0.2, 0.25) is 5.91 Å². The van der Waals surface area contributed by atoms with Crippen molar-refractivity contribution in [3.8, 4) is 0 Å². The van der Waals surface area contributed by atoms with Gasteiger partial charge in [-0.3, -0.25) is 9.59 Å². The highest BCUT2D eigenvalue weighted by atomic mass is 32.1. The van der Waals surface area contributed by atoms with Crippen molar-refractivity contribution < 1.29 is 19.8 Å². The minimum atomic E-state index is -1.09. The van der Waals surface area contributed by atoms with Gasteiger partial charge < -0.3 is 15.1 Å². The van der Waals surface area contributed by atoms with Crippen molar-refractivity contribution in [1.82, 2.24) is 4.90 Å². The van der Waals surface area contributed by atoms with E-state index in [1.807, 2.05) is 18.4 Å². The Kier molecular flexibility index (Phi) is 6.18. The first-order chi connectivity index (χ1) is 11.0. The highest BCUT2D eigenvalue weighted by Crippen LogP contribution is 2.37. The molecular weight excluding hydrogens is 314 g/mol. The van der Waals surface area contributed by atoms with E-state index in [4.69, 9.17) is 0 Å². The van der Waals surface area contributed by atoms with Crippen molar-refractivity contribution in [3.63, 3.8) is 0 Å². The van der Waals surface area contributed by atoms with Crippen LogP contribution in [0.5, 0.6) is 0 Å². The van der Waals surface area contributed by atoms with Gasteiger partial charge in [0, 0.05) is 24.4 Å². The summed E-state index contributed by atoms with van der Waals surface area (Å²) in [5, 5.41) is 21.9. The van der Waals surface area contributed by atoms with Crippen LogP contribution in [0.25, 0.3) is 0 Å². The first-order valence-electron chi connectivity index (χ1n) is 8.21. The van der Waals surface area contributed by atoms with Crippen LogP contribution in [-0.4, -0.2) is 46.2 Å². The predicted octanol–water partition coefficient (Wildman–Crippen LogP) is 2.54. The number of rotatable bonds is 7. The minimum Gasteiger partial charge on any atom is -0.481 e. The predicted molar refractivity (Wildman–Crippen MR) is 89.4 cm³/mol. The molecule has 1 aliphatic heterocycles. The lowest BCUT2D eigenvalue weighted by Gasteiger charge is -2.42. The second kappa shape index (κ2) is 7.93. The van der Waals surface area contributed by atoms with Crippen molar-refractivity contribution in [3.05, 3.63) is 22.4 Å². The molecule has 0 bridgehead atoms. The second-order valence-corrected chi connectivity index (χ2v) is 7.28. The van der Waals surface area contributed by atoms with Crippen LogP contribution in [-0.2, 0) is 16.0 Å². The topological polar surface area (TPSA) is 77.8 Å². The van der Waals surface area contributed by atoms with Crippen LogP contribution in [0.3, 0.4) is 0 Å². The number of carbonyl (C=O) groups is 2. The molecule has 0 spiro atoms. The van der Waals surface area contributed by atoms with E-state index in [9.17, 15) is 19.8 Å². The molecule has 2 atom stereocenters. The van der Waals surface area contributed by atoms with E-state index in [1.165, 1.54) is 4.88 Å². The largest absolute Gasteiger partial charge is 0.481 e. The summed E-state index contributed by atoms with van der Waals surface area (Å²) in [4.78, 5) is 26.8. The van der Waals surface area contributed by atoms with Gasteiger partial charge in [-0.25, -0.2) is 0 Å². The van der Waals surface area contributed by atoms with Gasteiger partial charge >= 0.3 is 5.97 Å². The minimum absolute atomic E-state index is 0.0103. The highest BCUT2D eigenvalue weighted by Gasteiger charge is 2.48. The van der Waals surface area contributed by atoms with Crippen molar-refractivity contribution in [1.29, 1.82) is 0 Å². The molecule has 0 unspecified atom stereocenters. The Morgan fingerprint density at radius 3 is 2.83 bits per heavy atom. The van der Waals surface area contributed by atoms with Gasteiger partial charge in [-0.05, 0) is 37.1 Å². The molecule has 1 aromatic rings. The van der Waals surface area contributed by atoms with Crippen LogP contribution in [0.15, 0.2) is 17.5 Å². The van der Waals surface area contributed by atoms with Gasteiger partial charge in [0.05, 0.1) is 11.5 Å². The number of carbonyl (C=O) groups excluding carboxylic acids is 1. The number of hydrogen-bond acceptors (Lipinski definition) is 4. The lowest BCUT2D eigenvalue weighted by molar-refractivity contribution is -0.167. The number of piperidine rings is 1. The molecule has 6 heteroatoms. The maximum atomic E-state index is 12.3. The number of thiophene rings is 1. The van der Waals surface area contributed by atoms with Gasteiger partial charge in [0.25, 0.3) is 0 Å². The second-order valence-electron chi connectivity index (χ2n) is 6.25. The third-order valence-electron chi connectivity index (χ3n) is 4.73. The number of aliphatic hydroxyl groups is 1. The Morgan fingerprint density at radius 2 is 2.26 bits per heavy atom. The first-order valence-corrected chi connectivity index (χ1v) is 9.09. The van der Waals surface area contributed by atoms with E-state index in [1.54, 1.807) is 16.2 Å². The summed E-state index contributed by atoms with van der Waals surface area (Å²) < 4.78 is 0. The molecule has 5 nitrogen and oxygen atoms in total. The molecule has 2 N–H and O–H groups in total. The average Bonchev–Trinajstić information content (AvgIpc) is 3.02. The van der Waals surface area contributed by atoms with Crippen molar-refractivity contribution in [2.45, 2.75) is 51.6 Å². The Hall–Kier alpha value is -1.40. The fourth-order valence-electron chi connectivity index (χ4n) is 3.32. The third kappa shape index (κ3) is 4.12. The summed E-state index contributed by atoms with van der Waals surface area (Å²) in [6.45, 7) is 2.46. The fraction of sp³-hybridized carbons (Fsp3) is 0.647. The number of aliphatic hydroxyl groups excluding tert-OH is 1. The summed E-state index contributed by atoms with van der Waals surface area (Å²) in [5.41, 5.74) is -1.09. The zero-order valence-electron chi connectivity index (χ0n) is 13.5. The van der Waals surface area contributed by atoms with Crippen LogP contribution in [0.2, 0.25) is 0 Å². The monoisotopic (exact) mass is 339 g/mol. The number of hydrogen-bond donors (Lipinski definition) is 2. The number of nitrogens with zero attached hydrogens (tertiary/aromatic N) is 1. The van der Waals surface area contributed by atoms with Gasteiger partial charge in [-0.15, -0.1) is 11.3 Å². The molecule has 1 amide bonds. The van der Waals surface area contributed by atoms with E-state index in [0.717, 1.165) is 12.8 Å². The molecule has 23 heavy (non-hydrogen) atoms. The van der Waals surface area contributed by atoms with Crippen molar-refractivity contribution in [2.24, 2.45) is 5.41 Å². The molecule has 1 aromatic heterocycles. The number of aliphatic carboxylic acids is 1. The van der Waals surface area contributed by atoms with Crippen LogP contribution < -0.4 is 0 Å². The summed E-state index contributed by atoms with van der Waals surface area (Å²) in [6, 6.07) is 4.06. The molecule has 0 saturated carbocycles. The lowest BCUT2D eigenvalue weighted by Crippen LogP contribution is -2.56. The molecule has 2 rings (SSSR count). The molecule has 1 fully saturated rings. The molecule has 0 radical (unpaired) electrons. The number of β-amino-alcohol motifs (C(OH)–C–C–N with tert-alkyl or cyclic N) is 1. The van der Waals surface area contributed by atoms with Gasteiger partial charge in [0.1, 0.15) is 0 Å². The zero-order valence-corrected chi connectivity index (χ0v) is 14.3. The van der Waals surface area contributed by atoms with E-state index < -0.39 is 17.5 Å². The Balaban J connectivity index is 1.86. The van der Waals surface area contributed by atoms with Gasteiger partial charge in [0.15, 0.2) is 0 Å². The summed E-state index contributed by atoms with van der Waals surface area (Å²) in [5.74, 6) is -0.937. The Labute approximate surface area is 140 Å². The number of carboxylic acid groups (broad SMARTS) is 1. The number of aryl methyl sites for hydroxylation is 1. The van der Waals surface area contributed by atoms with E-state index in [0.29, 0.717) is 32.2 Å². The maximum Gasteiger partial charge on any atom is 0.312 e. The fourth-order valence-corrected chi connectivity index (χ4v) is 4.07. The highest BCUT2D eigenvalue weighted by molar-refractivity contribution is 7.09. The SMILES string of the molecule is CCC[C@]1(C(=O)O)CCN(C(=O)CCCc2cccs2)C[C@@H]1O. The zero-order chi connectivity index (χ0) is 16.9. The van der Waals surface area contributed by atoms with Crippen molar-refractivity contribution in [2.75, 3.05) is 13.1 Å². The van der Waals surface area contributed by atoms with Crippen LogP contribution in [0.1, 0.15) is 43.9 Å². The summed E-state index contributed by atoms with van der Waals surface area (Å²) in [7, 11) is 0. The van der Waals surface area contributed by atoms with Gasteiger partial charge in [-0.2, -0.15) is 0 Å². The molecule has 1 aliphatic rings. The van der Waals surface area contributed by atoms with E-state index in [2.05, 4.69) is 6.07 Å². The number of carboxylic acids is 1. The first kappa shape index (κ1) is 17.9. The molecule has 2 heterocycles. The van der Waals surface area contributed by atoms with Crippen LogP contribution in [0, 0.1) is 5.41 Å². The summed E-state index contributed by atoms with van der Waals surface area (Å²) in [6.07, 6.45) is 2.60.